The van der Waals surface area contributed by atoms with Crippen molar-refractivity contribution in [1.29, 1.82) is 0 Å². The van der Waals surface area contributed by atoms with Gasteiger partial charge in [-0.25, -0.2) is 22.0 Å². The van der Waals surface area contributed by atoms with Crippen molar-refractivity contribution in [3.63, 3.8) is 0 Å². The molecule has 26 heavy (non-hydrogen) atoms. The third-order valence-corrected chi connectivity index (χ3v) is 9.07. The molecule has 0 bridgehead atoms. The molecular weight excluding hydrogens is 406 g/mol. The summed E-state index contributed by atoms with van der Waals surface area (Å²) in [4.78, 5) is 0. The zero-order valence-corrected chi connectivity index (χ0v) is 17.0. The molecule has 150 valence electrons. The molecule has 0 radical (unpaired) electrons. The van der Waals surface area contributed by atoms with Gasteiger partial charge in [0.25, 0.3) is 0 Å². The molecule has 0 saturated heterocycles. The topological polar surface area (TPSA) is 131 Å². The van der Waals surface area contributed by atoms with Gasteiger partial charge in [-0.05, 0) is 19.4 Å². The highest BCUT2D eigenvalue weighted by Crippen LogP contribution is 2.44. The van der Waals surface area contributed by atoms with Gasteiger partial charge in [0.05, 0.1) is 31.2 Å². The standard InChI is InChI=1S/C14H23NO8S3/c1-3-21-8-10-6-12(23-9-22-5-4-20-2)11-7-13(26(15,18)19)24-14(11)25(10,16)17/h7,10,12H,3-6,8-9H2,1-2H3,(H2,15,18,19). The van der Waals surface area contributed by atoms with Gasteiger partial charge in [0.15, 0.2) is 9.84 Å². The van der Waals surface area contributed by atoms with E-state index in [1.54, 1.807) is 14.0 Å². The molecule has 0 aromatic carbocycles. The van der Waals surface area contributed by atoms with Crippen LogP contribution in [0.5, 0.6) is 0 Å². The normalized spacial score (nSPS) is 22.3. The molecule has 0 spiro atoms. The van der Waals surface area contributed by atoms with Gasteiger partial charge in [0, 0.05) is 19.3 Å². The minimum Gasteiger partial charge on any atom is -0.382 e. The Morgan fingerprint density at radius 1 is 1.31 bits per heavy atom. The van der Waals surface area contributed by atoms with E-state index >= 15 is 0 Å². The lowest BCUT2D eigenvalue weighted by Gasteiger charge is -2.29. The molecule has 2 rings (SSSR count). The molecule has 0 aliphatic carbocycles. The number of fused-ring (bicyclic) bond motifs is 1. The van der Waals surface area contributed by atoms with Crippen LogP contribution in [0.2, 0.25) is 0 Å². The number of nitrogens with two attached hydrogens (primary N) is 1. The summed E-state index contributed by atoms with van der Waals surface area (Å²) in [5.74, 6) is 0. The van der Waals surface area contributed by atoms with Crippen LogP contribution in [0.25, 0.3) is 0 Å². The number of ether oxygens (including phenoxy) is 4. The summed E-state index contributed by atoms with van der Waals surface area (Å²) in [6.45, 7) is 2.79. The van der Waals surface area contributed by atoms with Crippen LogP contribution in [0.4, 0.5) is 0 Å². The Labute approximate surface area is 157 Å². The number of hydrogen-bond donors (Lipinski definition) is 1. The number of sulfone groups is 1. The highest BCUT2D eigenvalue weighted by molar-refractivity contribution is 7.95. The van der Waals surface area contributed by atoms with Crippen LogP contribution in [0.3, 0.4) is 0 Å². The fraction of sp³-hybridized carbons (Fsp3) is 0.714. The molecule has 1 aromatic heterocycles. The number of thiophene rings is 1. The lowest BCUT2D eigenvalue weighted by Crippen LogP contribution is -2.34. The summed E-state index contributed by atoms with van der Waals surface area (Å²) in [5, 5.41) is 4.33. The minimum atomic E-state index is -4.02. The second-order valence-electron chi connectivity index (χ2n) is 5.59. The second-order valence-corrected chi connectivity index (χ2v) is 10.9. The zero-order chi connectivity index (χ0) is 19.4. The van der Waals surface area contributed by atoms with Crippen molar-refractivity contribution in [3.8, 4) is 0 Å². The van der Waals surface area contributed by atoms with Crippen molar-refractivity contribution >= 4 is 31.2 Å². The SMILES string of the molecule is CCOCC1CC(OCOCCOC)c2cc(S(N)(=O)=O)sc2S1(=O)=O. The smallest absolute Gasteiger partial charge is 0.247 e. The molecule has 2 heterocycles. The van der Waals surface area contributed by atoms with E-state index in [1.165, 1.54) is 6.07 Å². The molecule has 0 saturated carbocycles. The lowest BCUT2D eigenvalue weighted by molar-refractivity contribution is -0.103. The van der Waals surface area contributed by atoms with Gasteiger partial charge >= 0.3 is 0 Å². The zero-order valence-electron chi connectivity index (χ0n) is 14.5. The number of methoxy groups -OCH3 is 1. The van der Waals surface area contributed by atoms with E-state index in [9.17, 15) is 16.8 Å². The highest BCUT2D eigenvalue weighted by atomic mass is 32.3. The van der Waals surface area contributed by atoms with Gasteiger partial charge in [-0.3, -0.25) is 0 Å². The van der Waals surface area contributed by atoms with Crippen LogP contribution in [0.1, 0.15) is 25.0 Å². The van der Waals surface area contributed by atoms with Crippen LogP contribution in [-0.2, 0) is 38.8 Å². The van der Waals surface area contributed by atoms with Crippen LogP contribution in [0.15, 0.2) is 14.5 Å². The fourth-order valence-electron chi connectivity index (χ4n) is 2.49. The predicted molar refractivity (Wildman–Crippen MR) is 94.3 cm³/mol. The first-order chi connectivity index (χ1) is 12.2. The average molecular weight is 430 g/mol. The first-order valence-electron chi connectivity index (χ1n) is 7.88. The van der Waals surface area contributed by atoms with Gasteiger partial charge in [-0.1, -0.05) is 0 Å². The number of primary sulfonamides is 1. The summed E-state index contributed by atoms with van der Waals surface area (Å²) in [6.07, 6.45) is -0.489. The number of rotatable bonds is 10. The van der Waals surface area contributed by atoms with Gasteiger partial charge < -0.3 is 18.9 Å². The van der Waals surface area contributed by atoms with Gasteiger partial charge in [0.2, 0.25) is 10.0 Å². The predicted octanol–water partition coefficient (Wildman–Crippen LogP) is 0.656. The van der Waals surface area contributed by atoms with Crippen molar-refractivity contribution in [2.45, 2.75) is 33.1 Å². The first kappa shape index (κ1) is 21.7. The molecule has 0 amide bonds. The third kappa shape index (κ3) is 5.01. The maximum Gasteiger partial charge on any atom is 0.247 e. The van der Waals surface area contributed by atoms with E-state index in [0.717, 1.165) is 0 Å². The van der Waals surface area contributed by atoms with Gasteiger partial charge in [-0.15, -0.1) is 11.3 Å². The summed E-state index contributed by atoms with van der Waals surface area (Å²) in [6, 6.07) is 1.27. The lowest BCUT2D eigenvalue weighted by atomic mass is 10.1. The Morgan fingerprint density at radius 2 is 2.04 bits per heavy atom. The molecule has 1 aliphatic rings. The van der Waals surface area contributed by atoms with E-state index in [2.05, 4.69) is 0 Å². The maximum absolute atomic E-state index is 12.8. The molecule has 2 atom stereocenters. The van der Waals surface area contributed by atoms with Crippen LogP contribution >= 0.6 is 11.3 Å². The van der Waals surface area contributed by atoms with Crippen molar-refractivity contribution in [3.05, 3.63) is 11.6 Å². The van der Waals surface area contributed by atoms with E-state index in [4.69, 9.17) is 24.1 Å². The summed E-state index contributed by atoms with van der Waals surface area (Å²) < 4.78 is 69.7. The van der Waals surface area contributed by atoms with E-state index in [0.29, 0.717) is 36.7 Å². The molecule has 2 unspecified atom stereocenters. The molecule has 1 aliphatic heterocycles. The minimum absolute atomic E-state index is 0.00523. The van der Waals surface area contributed by atoms with E-state index in [-0.39, 0.29) is 28.2 Å². The largest absolute Gasteiger partial charge is 0.382 e. The molecular formula is C14H23NO8S3. The molecule has 1 aromatic rings. The Balaban J connectivity index is 2.29. The summed E-state index contributed by atoms with van der Waals surface area (Å²) in [7, 11) is -6.21. The van der Waals surface area contributed by atoms with E-state index < -0.39 is 31.2 Å². The van der Waals surface area contributed by atoms with Crippen molar-refractivity contribution in [2.75, 3.05) is 40.3 Å². The highest BCUT2D eigenvalue weighted by Gasteiger charge is 2.42. The molecule has 9 nitrogen and oxygen atoms in total. The summed E-state index contributed by atoms with van der Waals surface area (Å²) >= 11 is 0.640. The molecule has 12 heteroatoms. The van der Waals surface area contributed by atoms with Gasteiger partial charge in [-0.2, -0.15) is 0 Å². The maximum atomic E-state index is 12.8. The van der Waals surface area contributed by atoms with E-state index in [1.807, 2.05) is 0 Å². The fourth-order valence-corrected chi connectivity index (χ4v) is 7.00. The Kier molecular flexibility index (Phi) is 7.56. The Morgan fingerprint density at radius 3 is 2.65 bits per heavy atom. The Hall–Kier alpha value is -0.600. The van der Waals surface area contributed by atoms with Crippen LogP contribution < -0.4 is 5.14 Å². The summed E-state index contributed by atoms with van der Waals surface area (Å²) in [5.41, 5.74) is 0.294. The molecule has 0 fully saturated rings. The van der Waals surface area contributed by atoms with Gasteiger partial charge in [0.1, 0.15) is 15.2 Å². The Bertz CT molecular complexity index is 802. The first-order valence-corrected chi connectivity index (χ1v) is 11.8. The quantitative estimate of drug-likeness (QED) is 0.424. The van der Waals surface area contributed by atoms with Crippen LogP contribution in [0, 0.1) is 0 Å². The molecule has 2 N–H and O–H groups in total. The van der Waals surface area contributed by atoms with Crippen molar-refractivity contribution in [2.24, 2.45) is 5.14 Å². The number of hydrogen-bond acceptors (Lipinski definition) is 9. The third-order valence-electron chi connectivity index (χ3n) is 3.80. The van der Waals surface area contributed by atoms with Crippen molar-refractivity contribution < 1.29 is 35.8 Å². The monoisotopic (exact) mass is 429 g/mol. The number of sulfonamides is 1. The van der Waals surface area contributed by atoms with Crippen molar-refractivity contribution in [1.82, 2.24) is 0 Å². The van der Waals surface area contributed by atoms with Crippen LogP contribution in [-0.4, -0.2) is 62.4 Å². The average Bonchev–Trinajstić information content (AvgIpc) is 3.02. The second kappa shape index (κ2) is 9.06.